The Morgan fingerprint density at radius 2 is 1.76 bits per heavy atom. The number of rotatable bonds is 8. The number of nitrogens with zero attached hydrogens (tertiary/aromatic N) is 4. The normalized spacial score (nSPS) is 11.4. The summed E-state index contributed by atoms with van der Waals surface area (Å²) < 4.78 is 47.6. The molecular formula is C26H23F3N6O2S. The Morgan fingerprint density at radius 3 is 2.42 bits per heavy atom. The lowest BCUT2D eigenvalue weighted by Crippen LogP contribution is -2.24. The zero-order chi connectivity index (χ0) is 27.1. The van der Waals surface area contributed by atoms with Crippen LogP contribution < -0.4 is 20.2 Å². The number of aromatic nitrogens is 3. The van der Waals surface area contributed by atoms with Crippen molar-refractivity contribution in [3.8, 4) is 28.6 Å². The van der Waals surface area contributed by atoms with Crippen molar-refractivity contribution < 1.29 is 22.6 Å². The third-order valence-electron chi connectivity index (χ3n) is 5.32. The molecule has 0 atom stereocenters. The number of aryl methyl sites for hydroxylation is 1. The highest BCUT2D eigenvalue weighted by Gasteiger charge is 2.31. The van der Waals surface area contributed by atoms with E-state index >= 15 is 0 Å². The van der Waals surface area contributed by atoms with Crippen LogP contribution >= 0.6 is 12.2 Å². The summed E-state index contributed by atoms with van der Waals surface area (Å²) in [6.07, 6.45) is -0.820. The summed E-state index contributed by atoms with van der Waals surface area (Å²) in [6.45, 7) is 2.05. The maximum atomic E-state index is 12.3. The number of methoxy groups -OCH3 is 1. The number of ether oxygens (including phenoxy) is 2. The summed E-state index contributed by atoms with van der Waals surface area (Å²) in [4.78, 5) is 4.29. The number of alkyl halides is 3. The molecular weight excluding hydrogens is 517 g/mol. The lowest BCUT2D eigenvalue weighted by Gasteiger charge is -2.12. The van der Waals surface area contributed by atoms with E-state index in [4.69, 9.17) is 17.0 Å². The van der Waals surface area contributed by atoms with Gasteiger partial charge in [0.2, 0.25) is 0 Å². The van der Waals surface area contributed by atoms with Crippen molar-refractivity contribution in [2.75, 3.05) is 12.4 Å². The largest absolute Gasteiger partial charge is 0.573 e. The van der Waals surface area contributed by atoms with Crippen LogP contribution in [0.15, 0.2) is 78.2 Å². The highest BCUT2D eigenvalue weighted by molar-refractivity contribution is 7.80. The first-order chi connectivity index (χ1) is 18.2. The molecule has 2 N–H and O–H groups in total. The zero-order valence-corrected chi connectivity index (χ0v) is 21.2. The Hall–Kier alpha value is -4.45. The number of hydrogen-bond donors (Lipinski definition) is 2. The van der Waals surface area contributed by atoms with Gasteiger partial charge < -0.3 is 14.8 Å². The van der Waals surface area contributed by atoms with E-state index in [1.54, 1.807) is 13.3 Å². The van der Waals surface area contributed by atoms with Crippen LogP contribution in [0.2, 0.25) is 0 Å². The van der Waals surface area contributed by atoms with Crippen LogP contribution in [0.25, 0.3) is 17.1 Å². The van der Waals surface area contributed by atoms with Crippen molar-refractivity contribution >= 4 is 29.2 Å². The molecule has 0 radical (unpaired) electrons. The number of hydrazone groups is 1. The van der Waals surface area contributed by atoms with Crippen LogP contribution in [-0.2, 0) is 6.42 Å². The van der Waals surface area contributed by atoms with Gasteiger partial charge in [-0.1, -0.05) is 31.2 Å². The molecule has 0 saturated heterocycles. The van der Waals surface area contributed by atoms with Crippen LogP contribution in [0.3, 0.4) is 0 Å². The van der Waals surface area contributed by atoms with Crippen LogP contribution in [0, 0.1) is 0 Å². The van der Waals surface area contributed by atoms with Gasteiger partial charge >= 0.3 is 6.36 Å². The van der Waals surface area contributed by atoms with Gasteiger partial charge in [-0.05, 0) is 72.2 Å². The van der Waals surface area contributed by atoms with Gasteiger partial charge in [0.25, 0.3) is 0 Å². The Bertz CT molecular complexity index is 1420. The zero-order valence-electron chi connectivity index (χ0n) is 20.4. The molecule has 0 aliphatic heterocycles. The van der Waals surface area contributed by atoms with Crippen LogP contribution in [0.4, 0.5) is 18.9 Å². The summed E-state index contributed by atoms with van der Waals surface area (Å²) in [6, 6.07) is 18.4. The van der Waals surface area contributed by atoms with Gasteiger partial charge in [-0.3, -0.25) is 5.43 Å². The summed E-state index contributed by atoms with van der Waals surface area (Å²) >= 11 is 5.33. The summed E-state index contributed by atoms with van der Waals surface area (Å²) in [5.41, 5.74) is 6.87. The summed E-state index contributed by atoms with van der Waals surface area (Å²) in [7, 11) is 1.63. The monoisotopic (exact) mass is 540 g/mol. The third kappa shape index (κ3) is 7.07. The smallest absolute Gasteiger partial charge is 0.497 e. The summed E-state index contributed by atoms with van der Waals surface area (Å²) in [5, 5.41) is 12.1. The molecule has 3 aromatic carbocycles. The highest BCUT2D eigenvalue weighted by atomic mass is 32.1. The minimum atomic E-state index is -4.74. The molecule has 8 nitrogen and oxygen atoms in total. The Kier molecular flexibility index (Phi) is 8.22. The van der Waals surface area contributed by atoms with E-state index in [-0.39, 0.29) is 5.75 Å². The van der Waals surface area contributed by atoms with E-state index in [2.05, 4.69) is 30.7 Å². The molecule has 1 aromatic heterocycles. The van der Waals surface area contributed by atoms with Crippen molar-refractivity contribution in [1.29, 1.82) is 0 Å². The molecule has 0 bridgehead atoms. The van der Waals surface area contributed by atoms with Gasteiger partial charge in [-0.2, -0.15) is 5.10 Å². The van der Waals surface area contributed by atoms with Crippen molar-refractivity contribution in [1.82, 2.24) is 20.2 Å². The van der Waals surface area contributed by atoms with E-state index in [0.717, 1.165) is 34.5 Å². The number of hydrogen-bond acceptors (Lipinski definition) is 6. The molecule has 0 unspecified atom stereocenters. The van der Waals surface area contributed by atoms with Crippen molar-refractivity contribution in [3.63, 3.8) is 0 Å². The van der Waals surface area contributed by atoms with E-state index in [9.17, 15) is 13.2 Å². The molecule has 4 aromatic rings. The van der Waals surface area contributed by atoms with Crippen LogP contribution in [0.5, 0.6) is 11.5 Å². The van der Waals surface area contributed by atoms with Crippen LogP contribution in [-0.4, -0.2) is 39.6 Å². The molecule has 12 heteroatoms. The molecule has 0 aliphatic carbocycles. The first-order valence-electron chi connectivity index (χ1n) is 11.4. The number of halogens is 3. The Balaban J connectivity index is 1.34. The fraction of sp³-hybridized carbons (Fsp3) is 0.154. The number of thiocarbonyl (C=S) groups is 1. The molecule has 0 fully saturated rings. The van der Waals surface area contributed by atoms with E-state index < -0.39 is 6.36 Å². The molecule has 196 valence electrons. The van der Waals surface area contributed by atoms with Gasteiger partial charge in [0.15, 0.2) is 10.9 Å². The predicted octanol–water partition coefficient (Wildman–Crippen LogP) is 5.72. The van der Waals surface area contributed by atoms with Gasteiger partial charge in [0, 0.05) is 11.3 Å². The highest BCUT2D eigenvalue weighted by Crippen LogP contribution is 2.24. The summed E-state index contributed by atoms with van der Waals surface area (Å²) in [5.74, 6) is 0.929. The maximum absolute atomic E-state index is 12.3. The second-order valence-corrected chi connectivity index (χ2v) is 8.29. The molecule has 1 heterocycles. The minimum absolute atomic E-state index is 0.309. The molecule has 4 rings (SSSR count). The van der Waals surface area contributed by atoms with Crippen LogP contribution in [0.1, 0.15) is 18.1 Å². The first kappa shape index (κ1) is 26.6. The van der Waals surface area contributed by atoms with Crippen molar-refractivity contribution in [3.05, 3.63) is 84.2 Å². The van der Waals surface area contributed by atoms with Gasteiger partial charge in [0.05, 0.1) is 19.0 Å². The SMILES string of the molecule is CCc1cc(OC)ccc1NC(=S)NN=Cc1ccc(-c2ncn(-c3ccc(OC(F)(F)F)cc3)n2)cc1. The standard InChI is InChI=1S/C26H23F3N6O2S/c1-3-18-14-22(36-2)12-13-23(18)32-25(38)33-31-15-17-4-6-19(7-5-17)24-30-16-35(34-24)20-8-10-21(11-9-20)37-26(27,28)29/h4-16H,3H2,1-2H3,(H2,32,33,38). The van der Waals surface area contributed by atoms with Gasteiger partial charge in [-0.25, -0.2) is 9.67 Å². The maximum Gasteiger partial charge on any atom is 0.573 e. The molecule has 0 spiro atoms. The van der Waals surface area contributed by atoms with Crippen molar-refractivity contribution in [2.24, 2.45) is 5.10 Å². The second-order valence-electron chi connectivity index (χ2n) is 7.88. The second kappa shape index (κ2) is 11.7. The number of nitrogens with one attached hydrogen (secondary N) is 2. The fourth-order valence-corrected chi connectivity index (χ4v) is 3.63. The molecule has 0 saturated carbocycles. The number of benzene rings is 3. The van der Waals surface area contributed by atoms with E-state index in [1.807, 2.05) is 49.4 Å². The Labute approximate surface area is 222 Å². The third-order valence-corrected chi connectivity index (χ3v) is 5.51. The van der Waals surface area contributed by atoms with Gasteiger partial charge in [0.1, 0.15) is 17.8 Å². The van der Waals surface area contributed by atoms with Gasteiger partial charge in [-0.15, -0.1) is 18.3 Å². The first-order valence-corrected chi connectivity index (χ1v) is 11.8. The topological polar surface area (TPSA) is 85.6 Å². The van der Waals surface area contributed by atoms with Crippen molar-refractivity contribution in [2.45, 2.75) is 19.7 Å². The predicted molar refractivity (Wildman–Crippen MR) is 143 cm³/mol. The molecule has 38 heavy (non-hydrogen) atoms. The average Bonchev–Trinajstić information content (AvgIpc) is 3.39. The fourth-order valence-electron chi connectivity index (χ4n) is 3.47. The average molecular weight is 541 g/mol. The molecule has 0 amide bonds. The van der Waals surface area contributed by atoms with E-state index in [1.165, 1.54) is 35.3 Å². The lowest BCUT2D eigenvalue weighted by atomic mass is 10.1. The molecule has 0 aliphatic rings. The lowest BCUT2D eigenvalue weighted by molar-refractivity contribution is -0.274. The minimum Gasteiger partial charge on any atom is -0.497 e. The Morgan fingerprint density at radius 1 is 1.05 bits per heavy atom. The van der Waals surface area contributed by atoms with E-state index in [0.29, 0.717) is 16.6 Å². The quantitative estimate of drug-likeness (QED) is 0.168. The number of anilines is 1.